The monoisotopic (exact) mass is 640 g/mol. The molecule has 0 saturated carbocycles. The van der Waals surface area contributed by atoms with Crippen LogP contribution in [0.15, 0.2) is 42.6 Å². The van der Waals surface area contributed by atoms with Gasteiger partial charge in [-0.25, -0.2) is 15.0 Å². The number of aryl methyl sites for hydroxylation is 1. The quantitative estimate of drug-likeness (QED) is 0.394. The van der Waals surface area contributed by atoms with Gasteiger partial charge in [-0.05, 0) is 37.1 Å². The number of nitrogens with one attached hydrogen (secondary N) is 2. The molecule has 17 heteroatoms. The first kappa shape index (κ1) is 30.9. The number of thiazole rings is 1. The molecule has 4 heterocycles. The van der Waals surface area contributed by atoms with Crippen LogP contribution in [0.3, 0.4) is 0 Å². The average Bonchev–Trinajstić information content (AvgIpc) is 3.60. The number of amides is 4. The molecule has 2 aromatic heterocycles. The molecule has 0 radical (unpaired) electrons. The third-order valence-electron chi connectivity index (χ3n) is 7.04. The van der Waals surface area contributed by atoms with E-state index in [1.54, 1.807) is 0 Å². The van der Waals surface area contributed by atoms with Crippen molar-refractivity contribution in [2.24, 2.45) is 5.92 Å². The van der Waals surface area contributed by atoms with Crippen LogP contribution in [0.5, 0.6) is 0 Å². The Morgan fingerprint density at radius 2 is 1.75 bits per heavy atom. The van der Waals surface area contributed by atoms with Crippen molar-refractivity contribution in [2.75, 3.05) is 19.6 Å². The summed E-state index contributed by atoms with van der Waals surface area (Å²) in [6.45, 7) is 0.561. The van der Waals surface area contributed by atoms with E-state index in [2.05, 4.69) is 20.6 Å². The molecule has 1 fully saturated rings. The van der Waals surface area contributed by atoms with Crippen LogP contribution in [-0.2, 0) is 15.8 Å². The van der Waals surface area contributed by atoms with Crippen LogP contribution in [0.1, 0.15) is 49.4 Å². The topological polar surface area (TPSA) is 125 Å². The van der Waals surface area contributed by atoms with E-state index in [4.69, 9.17) is 0 Å². The summed E-state index contributed by atoms with van der Waals surface area (Å²) in [6.07, 6.45) is -8.44. The van der Waals surface area contributed by atoms with Crippen molar-refractivity contribution >= 4 is 35.0 Å². The van der Waals surface area contributed by atoms with Crippen molar-refractivity contribution in [1.29, 1.82) is 0 Å². The molecule has 232 valence electrons. The van der Waals surface area contributed by atoms with Crippen LogP contribution in [0.4, 0.5) is 26.3 Å². The Hall–Kier alpha value is -4.54. The van der Waals surface area contributed by atoms with E-state index in [0.29, 0.717) is 6.42 Å². The number of fused-ring (bicyclic) bond motifs is 2. The summed E-state index contributed by atoms with van der Waals surface area (Å²) in [7, 11) is 0. The van der Waals surface area contributed by atoms with Gasteiger partial charge < -0.3 is 10.6 Å². The van der Waals surface area contributed by atoms with E-state index in [1.807, 2.05) is 0 Å². The molecule has 0 bridgehead atoms. The summed E-state index contributed by atoms with van der Waals surface area (Å²) in [5, 5.41) is 6.62. The van der Waals surface area contributed by atoms with E-state index >= 15 is 0 Å². The van der Waals surface area contributed by atoms with Gasteiger partial charge in [-0.2, -0.15) is 26.3 Å². The summed E-state index contributed by atoms with van der Waals surface area (Å²) in [6, 6.07) is 6.04. The van der Waals surface area contributed by atoms with Gasteiger partial charge in [0.25, 0.3) is 17.7 Å². The molecule has 2 aliphatic rings. The Morgan fingerprint density at radius 3 is 2.41 bits per heavy atom. The van der Waals surface area contributed by atoms with Crippen molar-refractivity contribution in [3.05, 3.63) is 70.0 Å². The summed E-state index contributed by atoms with van der Waals surface area (Å²) >= 11 is 0.721. The largest absolute Gasteiger partial charge is 0.433 e. The van der Waals surface area contributed by atoms with Gasteiger partial charge in [-0.15, -0.1) is 11.3 Å². The Morgan fingerprint density at radius 1 is 1.05 bits per heavy atom. The van der Waals surface area contributed by atoms with Gasteiger partial charge in [-0.3, -0.25) is 24.2 Å². The van der Waals surface area contributed by atoms with Crippen LogP contribution in [0.25, 0.3) is 10.6 Å². The lowest BCUT2D eigenvalue weighted by molar-refractivity contribution is -0.182. The van der Waals surface area contributed by atoms with Gasteiger partial charge in [0.05, 0.1) is 5.69 Å². The molecule has 4 amide bonds. The van der Waals surface area contributed by atoms with Crippen LogP contribution < -0.4 is 10.6 Å². The lowest BCUT2D eigenvalue weighted by Gasteiger charge is -2.28. The highest BCUT2D eigenvalue weighted by molar-refractivity contribution is 7.17. The summed E-state index contributed by atoms with van der Waals surface area (Å²) in [5.74, 6) is -6.66. The molecular weight excluding hydrogens is 618 g/mol. The number of carbonyl (C=O) groups excluding carboxylic acids is 4. The molecule has 10 nitrogen and oxygen atoms in total. The summed E-state index contributed by atoms with van der Waals surface area (Å²) in [4.78, 5) is 59.6. The maximum Gasteiger partial charge on any atom is 0.433 e. The maximum absolute atomic E-state index is 14.1. The van der Waals surface area contributed by atoms with E-state index < -0.39 is 60.2 Å². The van der Waals surface area contributed by atoms with Gasteiger partial charge in [-0.1, -0.05) is 18.2 Å². The molecule has 0 spiro atoms. The van der Waals surface area contributed by atoms with E-state index in [1.165, 1.54) is 36.2 Å². The predicted octanol–water partition coefficient (Wildman–Crippen LogP) is 3.90. The fourth-order valence-electron chi connectivity index (χ4n) is 4.85. The molecule has 44 heavy (non-hydrogen) atoms. The fraction of sp³-hybridized carbons (Fsp3) is 0.333. The number of rotatable bonds is 6. The second-order valence-corrected chi connectivity index (χ2v) is 10.9. The third-order valence-corrected chi connectivity index (χ3v) is 8.24. The fourth-order valence-corrected chi connectivity index (χ4v) is 5.82. The molecule has 3 aromatic rings. The second-order valence-electron chi connectivity index (χ2n) is 9.94. The Bertz CT molecular complexity index is 1620. The van der Waals surface area contributed by atoms with Crippen LogP contribution >= 0.6 is 11.3 Å². The number of benzene rings is 1. The number of aromatic nitrogens is 2. The number of carbonyl (C=O) groups is 4. The molecule has 1 saturated heterocycles. The highest BCUT2D eigenvalue weighted by atomic mass is 32.1. The molecule has 5 rings (SSSR count). The standard InChI is InChI=1S/C27H22F6N6O4S/c1-13-20(44-23(36-13)14-7-8-18(34-11-14)27(31,32)33)22(41)35-12-17(26(28,29)30)21(40)37-19-15-5-2-3-6-16(15)24(42)38-9-4-10-39(38)25(19)43/h2-3,5-8,11,17,19H,4,9-10,12H2,1H3,(H,35,41)(H,37,40)/t17?,19-/m0/s1. The predicted molar refractivity (Wildman–Crippen MR) is 142 cm³/mol. The van der Waals surface area contributed by atoms with Crippen molar-refractivity contribution in [3.8, 4) is 10.6 Å². The van der Waals surface area contributed by atoms with Crippen molar-refractivity contribution in [1.82, 2.24) is 30.6 Å². The molecule has 0 aliphatic carbocycles. The Labute approximate surface area is 249 Å². The number of hydrogen-bond acceptors (Lipinski definition) is 7. The van der Waals surface area contributed by atoms with Crippen molar-refractivity contribution < 1.29 is 45.5 Å². The zero-order valence-corrected chi connectivity index (χ0v) is 23.4. The minimum Gasteiger partial charge on any atom is -0.350 e. The zero-order chi connectivity index (χ0) is 32.0. The highest BCUT2D eigenvalue weighted by Gasteiger charge is 2.48. The first-order valence-corrected chi connectivity index (χ1v) is 13.9. The summed E-state index contributed by atoms with van der Waals surface area (Å²) in [5.41, 5.74) is -0.785. The minimum absolute atomic E-state index is 0.0424. The number of nitrogens with zero attached hydrogens (tertiary/aromatic N) is 4. The van der Waals surface area contributed by atoms with Crippen LogP contribution in [0.2, 0.25) is 0 Å². The first-order chi connectivity index (χ1) is 20.7. The number of halogens is 6. The Balaban J connectivity index is 1.33. The number of alkyl halides is 6. The number of hydrogen-bond donors (Lipinski definition) is 2. The van der Waals surface area contributed by atoms with Crippen molar-refractivity contribution in [2.45, 2.75) is 31.7 Å². The number of pyridine rings is 1. The maximum atomic E-state index is 14.1. The SMILES string of the molecule is Cc1nc(-c2ccc(C(F)(F)F)nc2)sc1C(=O)NCC(C(=O)N[C@@H]1C(=O)N2CCCN2C(=O)c2ccccc21)C(F)(F)F. The molecule has 1 unspecified atom stereocenters. The summed E-state index contributed by atoms with van der Waals surface area (Å²) < 4.78 is 80.7. The van der Waals surface area contributed by atoms with E-state index in [-0.39, 0.29) is 45.4 Å². The average molecular weight is 641 g/mol. The van der Waals surface area contributed by atoms with Gasteiger partial charge in [0.1, 0.15) is 21.6 Å². The first-order valence-electron chi connectivity index (χ1n) is 13.0. The van der Waals surface area contributed by atoms with Gasteiger partial charge in [0.15, 0.2) is 5.92 Å². The number of hydrazine groups is 1. The highest BCUT2D eigenvalue weighted by Crippen LogP contribution is 2.33. The molecule has 2 N–H and O–H groups in total. The van der Waals surface area contributed by atoms with Crippen LogP contribution in [-0.4, -0.2) is 69.4 Å². The third kappa shape index (κ3) is 5.95. The van der Waals surface area contributed by atoms with Crippen LogP contribution in [0, 0.1) is 12.8 Å². The molecule has 1 aromatic carbocycles. The zero-order valence-electron chi connectivity index (χ0n) is 22.6. The second kappa shape index (κ2) is 11.5. The van der Waals surface area contributed by atoms with E-state index in [9.17, 15) is 45.5 Å². The van der Waals surface area contributed by atoms with Gasteiger partial charge in [0.2, 0.25) is 5.91 Å². The molecular formula is C27H22F6N6O4S. The Kier molecular flexibility index (Phi) is 8.09. The smallest absolute Gasteiger partial charge is 0.350 e. The van der Waals surface area contributed by atoms with E-state index in [0.717, 1.165) is 34.7 Å². The minimum atomic E-state index is -5.14. The lowest BCUT2D eigenvalue weighted by atomic mass is 9.98. The lowest BCUT2D eigenvalue weighted by Crippen LogP contribution is -2.51. The normalized spacial score (nSPS) is 17.6. The van der Waals surface area contributed by atoms with Gasteiger partial charge in [0, 0.05) is 37.0 Å². The van der Waals surface area contributed by atoms with Gasteiger partial charge >= 0.3 is 12.4 Å². The van der Waals surface area contributed by atoms with Crippen molar-refractivity contribution in [3.63, 3.8) is 0 Å². The molecule has 2 atom stereocenters. The molecule has 2 aliphatic heterocycles.